The third-order valence-electron chi connectivity index (χ3n) is 6.52. The molecule has 0 bridgehead atoms. The Bertz CT molecular complexity index is 1190. The first-order valence-corrected chi connectivity index (χ1v) is 12.6. The summed E-state index contributed by atoms with van der Waals surface area (Å²) in [6, 6.07) is 8.74. The molecule has 8 nitrogen and oxygen atoms in total. The number of ketones is 1. The highest BCUT2D eigenvalue weighted by molar-refractivity contribution is 6.12. The van der Waals surface area contributed by atoms with E-state index < -0.39 is 23.3 Å². The molecular formula is C29H35NO7. The average Bonchev–Trinajstić information content (AvgIpc) is 3.41. The number of ether oxygens (including phenoxy) is 2. The van der Waals surface area contributed by atoms with Crippen LogP contribution in [0.5, 0.6) is 11.5 Å². The topological polar surface area (TPSA) is 115 Å². The van der Waals surface area contributed by atoms with Gasteiger partial charge in [-0.05, 0) is 67.9 Å². The molecule has 1 aromatic heterocycles. The molecule has 0 saturated heterocycles. The van der Waals surface area contributed by atoms with Crippen molar-refractivity contribution in [3.8, 4) is 11.5 Å². The molecule has 0 spiro atoms. The van der Waals surface area contributed by atoms with Crippen LogP contribution in [0.25, 0.3) is 6.08 Å². The number of rotatable bonds is 11. The summed E-state index contributed by atoms with van der Waals surface area (Å²) in [5, 5.41) is 12.9. The fourth-order valence-corrected chi connectivity index (χ4v) is 4.27. The zero-order chi connectivity index (χ0) is 26.8. The van der Waals surface area contributed by atoms with Crippen LogP contribution in [-0.4, -0.2) is 30.7 Å². The van der Waals surface area contributed by atoms with E-state index >= 15 is 0 Å². The monoisotopic (exact) mass is 509 g/mol. The Balaban J connectivity index is 1.61. The minimum atomic E-state index is -0.877. The van der Waals surface area contributed by atoms with Gasteiger partial charge in [0.1, 0.15) is 22.8 Å². The fraction of sp³-hybridized carbons (Fsp3) is 0.414. The van der Waals surface area contributed by atoms with Crippen LogP contribution in [0.1, 0.15) is 80.0 Å². The van der Waals surface area contributed by atoms with E-state index in [0.29, 0.717) is 24.3 Å². The quantitative estimate of drug-likeness (QED) is 0.284. The van der Waals surface area contributed by atoms with Crippen LogP contribution in [0.3, 0.4) is 0 Å². The van der Waals surface area contributed by atoms with Crippen LogP contribution >= 0.6 is 0 Å². The van der Waals surface area contributed by atoms with E-state index in [1.54, 1.807) is 19.1 Å². The molecule has 1 saturated carbocycles. The maximum atomic E-state index is 12.9. The minimum absolute atomic E-state index is 0.198. The number of carbonyl (C=O) groups is 2. The van der Waals surface area contributed by atoms with Gasteiger partial charge in [-0.3, -0.25) is 10.1 Å². The number of allylic oxidation sites excluding steroid dienone is 2. The summed E-state index contributed by atoms with van der Waals surface area (Å²) in [7, 11) is 1.27. The Labute approximate surface area is 217 Å². The molecule has 2 aromatic rings. The van der Waals surface area contributed by atoms with Gasteiger partial charge in [-0.25, -0.2) is 9.59 Å². The molecule has 0 aliphatic heterocycles. The van der Waals surface area contributed by atoms with E-state index in [2.05, 4.69) is 10.1 Å². The lowest BCUT2D eigenvalue weighted by Crippen LogP contribution is -2.16. The van der Waals surface area contributed by atoms with E-state index in [1.165, 1.54) is 45.1 Å². The second-order valence-corrected chi connectivity index (χ2v) is 9.40. The minimum Gasteiger partial charge on any atom is -0.507 e. The predicted octanol–water partition coefficient (Wildman–Crippen LogP) is 5.95. The van der Waals surface area contributed by atoms with Crippen molar-refractivity contribution < 1.29 is 28.6 Å². The molecule has 1 amide bonds. The first-order valence-electron chi connectivity index (χ1n) is 12.6. The molecular weight excluding hydrogens is 474 g/mol. The van der Waals surface area contributed by atoms with E-state index in [0.717, 1.165) is 17.9 Å². The number of aromatic hydroxyl groups is 1. The van der Waals surface area contributed by atoms with E-state index in [-0.39, 0.29) is 17.2 Å². The predicted molar refractivity (Wildman–Crippen MR) is 141 cm³/mol. The van der Waals surface area contributed by atoms with Crippen LogP contribution < -0.4 is 15.7 Å². The van der Waals surface area contributed by atoms with Gasteiger partial charge in [0.15, 0.2) is 5.78 Å². The van der Waals surface area contributed by atoms with Gasteiger partial charge in [0.25, 0.3) is 0 Å². The highest BCUT2D eigenvalue weighted by atomic mass is 16.5. The Morgan fingerprint density at radius 2 is 1.92 bits per heavy atom. The largest absolute Gasteiger partial charge is 0.507 e. The van der Waals surface area contributed by atoms with Crippen molar-refractivity contribution >= 4 is 18.0 Å². The van der Waals surface area contributed by atoms with Crippen molar-refractivity contribution in [2.75, 3.05) is 13.7 Å². The number of amides is 1. The highest BCUT2D eigenvalue weighted by Crippen LogP contribution is 2.27. The summed E-state index contributed by atoms with van der Waals surface area (Å²) < 4.78 is 15.7. The molecule has 198 valence electrons. The Morgan fingerprint density at radius 1 is 1.22 bits per heavy atom. The molecule has 2 N–H and O–H groups in total. The van der Waals surface area contributed by atoms with Crippen LogP contribution in [0.4, 0.5) is 4.79 Å². The number of benzene rings is 1. The van der Waals surface area contributed by atoms with Crippen molar-refractivity contribution in [2.45, 2.75) is 58.3 Å². The molecule has 1 unspecified atom stereocenters. The molecule has 37 heavy (non-hydrogen) atoms. The zero-order valence-electron chi connectivity index (χ0n) is 21.6. The van der Waals surface area contributed by atoms with Gasteiger partial charge in [0.05, 0.1) is 13.7 Å². The van der Waals surface area contributed by atoms with Gasteiger partial charge in [0.2, 0.25) is 0 Å². The third-order valence-corrected chi connectivity index (χ3v) is 6.52. The summed E-state index contributed by atoms with van der Waals surface area (Å²) in [6.07, 6.45) is 10.5. The molecule has 1 aliphatic carbocycles. The SMILES string of the molecule is COC(=O)N/C=C/CCC(C)c1cc(O)c(C(=O)/C(C)=C/c2ccc(OCC3CCCC3)cc2)c(=O)o1. The summed E-state index contributed by atoms with van der Waals surface area (Å²) >= 11 is 0. The molecule has 0 radical (unpaired) electrons. The van der Waals surface area contributed by atoms with Gasteiger partial charge < -0.3 is 19.0 Å². The number of nitrogens with one attached hydrogen (secondary N) is 1. The average molecular weight is 510 g/mol. The van der Waals surface area contributed by atoms with Crippen LogP contribution in [0.15, 0.2) is 57.4 Å². The number of hydrogen-bond donors (Lipinski definition) is 2. The summed E-state index contributed by atoms with van der Waals surface area (Å²) in [5.41, 5.74) is -0.184. The van der Waals surface area contributed by atoms with Gasteiger partial charge in [0, 0.05) is 18.2 Å². The first kappa shape index (κ1) is 27.8. The fourth-order valence-electron chi connectivity index (χ4n) is 4.27. The summed E-state index contributed by atoms with van der Waals surface area (Å²) in [4.78, 5) is 36.6. The van der Waals surface area contributed by atoms with Gasteiger partial charge >= 0.3 is 11.7 Å². The number of hydrogen-bond acceptors (Lipinski definition) is 7. The Morgan fingerprint density at radius 3 is 2.57 bits per heavy atom. The second kappa shape index (κ2) is 13.5. The highest BCUT2D eigenvalue weighted by Gasteiger charge is 2.22. The van der Waals surface area contributed by atoms with Crippen molar-refractivity contribution in [3.63, 3.8) is 0 Å². The maximum Gasteiger partial charge on any atom is 0.410 e. The first-order chi connectivity index (χ1) is 17.8. The molecule has 1 aromatic carbocycles. The number of alkyl carbamates (subject to hydrolysis) is 1. The standard InChI is InChI=1S/C29H35NO7/c1-19(8-6-7-15-30-29(34)35-3)25-17-24(31)26(28(33)37-25)27(32)20(2)16-21-11-13-23(14-12-21)36-18-22-9-4-5-10-22/h7,11-17,19,22,31H,4-6,8-10,18H2,1-3H3,(H,30,34)/b15-7+,20-16+. The summed E-state index contributed by atoms with van der Waals surface area (Å²) in [5.74, 6) is 0.490. The smallest absolute Gasteiger partial charge is 0.410 e. The molecule has 1 heterocycles. The van der Waals surface area contributed by atoms with Gasteiger partial charge in [-0.15, -0.1) is 0 Å². The van der Waals surface area contributed by atoms with E-state index in [9.17, 15) is 19.5 Å². The van der Waals surface area contributed by atoms with Crippen molar-refractivity contribution in [2.24, 2.45) is 5.92 Å². The maximum absolute atomic E-state index is 12.9. The van der Waals surface area contributed by atoms with Crippen LogP contribution in [-0.2, 0) is 4.74 Å². The van der Waals surface area contributed by atoms with Crippen molar-refractivity contribution in [1.82, 2.24) is 5.32 Å². The lowest BCUT2D eigenvalue weighted by molar-refractivity contribution is 0.102. The summed E-state index contributed by atoms with van der Waals surface area (Å²) in [6.45, 7) is 4.16. The number of methoxy groups -OCH3 is 1. The normalized spacial score (nSPS) is 15.1. The number of Topliss-reactive ketones (excluding diaryl/α,β-unsaturated/α-hetero) is 1. The van der Waals surface area contributed by atoms with Crippen molar-refractivity contribution in [1.29, 1.82) is 0 Å². The number of carbonyl (C=O) groups excluding carboxylic acids is 2. The molecule has 1 atom stereocenters. The van der Waals surface area contributed by atoms with Gasteiger partial charge in [-0.1, -0.05) is 38.0 Å². The molecule has 1 fully saturated rings. The van der Waals surface area contributed by atoms with Crippen LogP contribution in [0, 0.1) is 5.92 Å². The van der Waals surface area contributed by atoms with Crippen molar-refractivity contribution in [3.05, 3.63) is 75.5 Å². The second-order valence-electron chi connectivity index (χ2n) is 9.40. The van der Waals surface area contributed by atoms with Gasteiger partial charge in [-0.2, -0.15) is 0 Å². The lowest BCUT2D eigenvalue weighted by atomic mass is 9.99. The Hall–Kier alpha value is -3.81. The third kappa shape index (κ3) is 8.10. The van der Waals surface area contributed by atoms with Crippen LogP contribution in [0.2, 0.25) is 0 Å². The molecule has 3 rings (SSSR count). The lowest BCUT2D eigenvalue weighted by Gasteiger charge is -2.11. The molecule has 8 heteroatoms. The Kier molecular flexibility index (Phi) is 10.1. The molecule has 1 aliphatic rings. The van der Waals surface area contributed by atoms with E-state index in [1.807, 2.05) is 31.2 Å². The zero-order valence-corrected chi connectivity index (χ0v) is 21.6. The van der Waals surface area contributed by atoms with E-state index in [4.69, 9.17) is 9.15 Å².